The highest BCUT2D eigenvalue weighted by molar-refractivity contribution is 7.89. The number of hydrogen-bond acceptors (Lipinski definition) is 4. The Morgan fingerprint density at radius 3 is 2.75 bits per heavy atom. The molecule has 1 fully saturated rings. The Labute approximate surface area is 133 Å². The Morgan fingerprint density at radius 2 is 2.20 bits per heavy atom. The van der Waals surface area contributed by atoms with E-state index >= 15 is 0 Å². The summed E-state index contributed by atoms with van der Waals surface area (Å²) in [5, 5.41) is 9.55. The topological polar surface area (TPSA) is 57.6 Å². The zero-order valence-electron chi connectivity index (χ0n) is 11.1. The summed E-state index contributed by atoms with van der Waals surface area (Å²) in [5.74, 6) is 0. The van der Waals surface area contributed by atoms with Crippen LogP contribution in [0.4, 0.5) is 0 Å². The maximum absolute atomic E-state index is 12.7. The lowest BCUT2D eigenvalue weighted by Crippen LogP contribution is -2.44. The molecule has 2 atom stereocenters. The molecule has 0 saturated carbocycles. The predicted molar refractivity (Wildman–Crippen MR) is 82.2 cm³/mol. The van der Waals surface area contributed by atoms with Gasteiger partial charge in [0.2, 0.25) is 10.0 Å². The van der Waals surface area contributed by atoms with Crippen LogP contribution in [0, 0.1) is 0 Å². The molecule has 2 heterocycles. The first-order valence-corrected chi connectivity index (χ1v) is 9.48. The molecule has 20 heavy (non-hydrogen) atoms. The van der Waals surface area contributed by atoms with Crippen molar-refractivity contribution in [1.82, 2.24) is 4.31 Å². The third-order valence-corrected chi connectivity index (χ3v) is 7.10. The van der Waals surface area contributed by atoms with Crippen molar-refractivity contribution in [2.75, 3.05) is 6.54 Å². The number of halogens is 2. The van der Waals surface area contributed by atoms with Gasteiger partial charge >= 0.3 is 0 Å². The fourth-order valence-corrected chi connectivity index (χ4v) is 6.37. The molecule has 8 heteroatoms. The summed E-state index contributed by atoms with van der Waals surface area (Å²) in [7, 11) is -3.65. The lowest BCUT2D eigenvalue weighted by molar-refractivity contribution is 0.132. The van der Waals surface area contributed by atoms with Crippen molar-refractivity contribution in [2.45, 2.75) is 49.6 Å². The second kappa shape index (κ2) is 6.50. The van der Waals surface area contributed by atoms with Crippen molar-refractivity contribution in [3.63, 3.8) is 0 Å². The van der Waals surface area contributed by atoms with Gasteiger partial charge in [-0.2, -0.15) is 4.31 Å². The van der Waals surface area contributed by atoms with Gasteiger partial charge in [-0.05, 0) is 32.3 Å². The number of aliphatic hydroxyl groups is 1. The van der Waals surface area contributed by atoms with Crippen molar-refractivity contribution in [1.29, 1.82) is 0 Å². The summed E-state index contributed by atoms with van der Waals surface area (Å²) in [5.41, 5.74) is 0. The summed E-state index contributed by atoms with van der Waals surface area (Å²) in [6.45, 7) is 2.14. The minimum atomic E-state index is -3.65. The summed E-state index contributed by atoms with van der Waals surface area (Å²) < 4.78 is 27.5. The van der Waals surface area contributed by atoms with Crippen LogP contribution < -0.4 is 0 Å². The van der Waals surface area contributed by atoms with Crippen molar-refractivity contribution in [3.8, 4) is 0 Å². The number of hydrogen-bond donors (Lipinski definition) is 1. The molecule has 1 aromatic heterocycles. The minimum Gasteiger partial charge on any atom is -0.393 e. The normalized spacial score (nSPS) is 22.9. The van der Waals surface area contributed by atoms with Gasteiger partial charge in [0.15, 0.2) is 0 Å². The van der Waals surface area contributed by atoms with Crippen molar-refractivity contribution < 1.29 is 13.5 Å². The van der Waals surface area contributed by atoms with Gasteiger partial charge in [-0.1, -0.05) is 29.6 Å². The zero-order valence-corrected chi connectivity index (χ0v) is 14.2. The van der Waals surface area contributed by atoms with Crippen molar-refractivity contribution >= 4 is 44.6 Å². The van der Waals surface area contributed by atoms with Crippen molar-refractivity contribution in [2.24, 2.45) is 0 Å². The van der Waals surface area contributed by atoms with Crippen LogP contribution in [0.2, 0.25) is 8.67 Å². The molecule has 2 rings (SSSR count). The Morgan fingerprint density at radius 1 is 1.50 bits per heavy atom. The summed E-state index contributed by atoms with van der Waals surface area (Å²) >= 11 is 12.9. The van der Waals surface area contributed by atoms with Crippen molar-refractivity contribution in [3.05, 3.63) is 14.7 Å². The smallest absolute Gasteiger partial charge is 0.245 e. The summed E-state index contributed by atoms with van der Waals surface area (Å²) in [6, 6.07) is 1.22. The Balaban J connectivity index is 2.33. The SMILES string of the molecule is CC(O)CC1CCCCN1S(=O)(=O)c1cc(Cl)sc1Cl. The monoisotopic (exact) mass is 357 g/mol. The van der Waals surface area contributed by atoms with E-state index < -0.39 is 16.1 Å². The first-order valence-electron chi connectivity index (χ1n) is 6.47. The van der Waals surface area contributed by atoms with Crippen LogP contribution >= 0.6 is 34.5 Å². The third-order valence-electron chi connectivity index (χ3n) is 3.40. The van der Waals surface area contributed by atoms with E-state index in [0.29, 0.717) is 17.3 Å². The van der Waals surface area contributed by atoms with Crippen LogP contribution in [0.15, 0.2) is 11.0 Å². The highest BCUT2D eigenvalue weighted by Crippen LogP contribution is 2.37. The van der Waals surface area contributed by atoms with E-state index in [4.69, 9.17) is 23.2 Å². The molecule has 1 aliphatic rings. The highest BCUT2D eigenvalue weighted by Gasteiger charge is 2.35. The van der Waals surface area contributed by atoms with Gasteiger partial charge in [0, 0.05) is 12.6 Å². The molecule has 1 aliphatic heterocycles. The number of nitrogens with zero attached hydrogens (tertiary/aromatic N) is 1. The van der Waals surface area contributed by atoms with E-state index in [9.17, 15) is 13.5 Å². The van der Waals surface area contributed by atoms with E-state index in [1.807, 2.05) is 0 Å². The fraction of sp³-hybridized carbons (Fsp3) is 0.667. The number of thiophene rings is 1. The molecule has 1 saturated heterocycles. The maximum Gasteiger partial charge on any atom is 0.245 e. The summed E-state index contributed by atoms with van der Waals surface area (Å²) in [6.07, 6.45) is 2.47. The summed E-state index contributed by atoms with van der Waals surface area (Å²) in [4.78, 5) is 0.0756. The standard InChI is InChI=1S/C12H17Cl2NO3S2/c1-8(16)6-9-4-2-3-5-15(9)20(17,18)10-7-11(13)19-12(10)14/h7-9,16H,2-6H2,1H3. The molecule has 0 aliphatic carbocycles. The van der Waals surface area contributed by atoms with Gasteiger partial charge in [0.1, 0.15) is 9.23 Å². The molecule has 0 aromatic carbocycles. The molecular weight excluding hydrogens is 341 g/mol. The molecule has 0 amide bonds. The van der Waals surface area contributed by atoms with Crippen LogP contribution in [0.1, 0.15) is 32.6 Å². The van der Waals surface area contributed by atoms with Gasteiger partial charge < -0.3 is 5.11 Å². The van der Waals surface area contributed by atoms with Crippen LogP contribution in [-0.2, 0) is 10.0 Å². The van der Waals surface area contributed by atoms with Gasteiger partial charge in [-0.3, -0.25) is 0 Å². The van der Waals surface area contributed by atoms with E-state index in [-0.39, 0.29) is 15.3 Å². The lowest BCUT2D eigenvalue weighted by Gasteiger charge is -2.35. The Bertz CT molecular complexity index is 571. The minimum absolute atomic E-state index is 0.0756. The Hall–Kier alpha value is 0.150. The first kappa shape index (κ1) is 16.5. The number of rotatable bonds is 4. The molecule has 4 nitrogen and oxygen atoms in total. The predicted octanol–water partition coefficient (Wildman–Crippen LogP) is 3.37. The average molecular weight is 358 g/mol. The van der Waals surface area contributed by atoms with Crippen LogP contribution in [0.25, 0.3) is 0 Å². The quantitative estimate of drug-likeness (QED) is 0.898. The molecule has 0 spiro atoms. The van der Waals surface area contributed by atoms with E-state index in [2.05, 4.69) is 0 Å². The fourth-order valence-electron chi connectivity index (χ4n) is 2.55. The Kier molecular flexibility index (Phi) is 5.37. The van der Waals surface area contributed by atoms with E-state index in [0.717, 1.165) is 30.6 Å². The molecule has 1 N–H and O–H groups in total. The van der Waals surface area contributed by atoms with Gasteiger partial charge in [-0.15, -0.1) is 11.3 Å². The van der Waals surface area contributed by atoms with Gasteiger partial charge in [0.05, 0.1) is 10.4 Å². The molecule has 0 bridgehead atoms. The highest BCUT2D eigenvalue weighted by atomic mass is 35.5. The molecular formula is C12H17Cl2NO3S2. The van der Waals surface area contributed by atoms with Crippen LogP contribution in [0.5, 0.6) is 0 Å². The number of sulfonamides is 1. The number of piperidine rings is 1. The van der Waals surface area contributed by atoms with Crippen LogP contribution in [-0.4, -0.2) is 36.5 Å². The third kappa shape index (κ3) is 3.48. The lowest BCUT2D eigenvalue weighted by atomic mass is 10.00. The molecule has 114 valence electrons. The molecule has 2 unspecified atom stereocenters. The first-order chi connectivity index (χ1) is 9.32. The molecule has 0 radical (unpaired) electrons. The second-order valence-corrected chi connectivity index (χ2v) is 9.18. The molecule has 1 aromatic rings. The number of aliphatic hydroxyl groups excluding tert-OH is 1. The van der Waals surface area contributed by atoms with Gasteiger partial charge in [0.25, 0.3) is 0 Å². The van der Waals surface area contributed by atoms with E-state index in [1.54, 1.807) is 6.92 Å². The van der Waals surface area contributed by atoms with Crippen LogP contribution in [0.3, 0.4) is 0 Å². The largest absolute Gasteiger partial charge is 0.393 e. The van der Waals surface area contributed by atoms with E-state index in [1.165, 1.54) is 10.4 Å². The zero-order chi connectivity index (χ0) is 14.9. The average Bonchev–Trinajstić information content (AvgIpc) is 2.69. The second-order valence-electron chi connectivity index (χ2n) is 5.04. The maximum atomic E-state index is 12.7. The van der Waals surface area contributed by atoms with Gasteiger partial charge in [-0.25, -0.2) is 8.42 Å².